The molecule has 8 nitrogen and oxygen atoms in total. The number of anilines is 1. The molecule has 0 saturated carbocycles. The van der Waals surface area contributed by atoms with Crippen molar-refractivity contribution in [2.45, 2.75) is 12.5 Å². The molecule has 0 saturated heterocycles. The number of hydrogen-bond donors (Lipinski definition) is 4. The normalized spacial score (nSPS) is 11.4. The minimum absolute atomic E-state index is 0.0556. The Bertz CT molecular complexity index is 544. The first-order valence-electron chi connectivity index (χ1n) is 5.60. The van der Waals surface area contributed by atoms with Gasteiger partial charge in [0.05, 0.1) is 19.1 Å². The van der Waals surface area contributed by atoms with E-state index in [1.165, 1.54) is 19.2 Å². The van der Waals surface area contributed by atoms with Crippen LogP contribution < -0.4 is 21.5 Å². The third-order valence-electron chi connectivity index (χ3n) is 2.51. The average molecular weight is 281 g/mol. The Labute approximate surface area is 114 Å². The van der Waals surface area contributed by atoms with Crippen LogP contribution in [0.25, 0.3) is 0 Å². The van der Waals surface area contributed by atoms with Crippen molar-refractivity contribution in [2.24, 2.45) is 5.73 Å². The van der Waals surface area contributed by atoms with E-state index >= 15 is 0 Å². The number of nitrogens with two attached hydrogens (primary N) is 2. The van der Waals surface area contributed by atoms with Gasteiger partial charge in [0.1, 0.15) is 11.8 Å². The Morgan fingerprint density at radius 3 is 2.55 bits per heavy atom. The molecule has 8 heteroatoms. The van der Waals surface area contributed by atoms with Gasteiger partial charge in [-0.1, -0.05) is 0 Å². The summed E-state index contributed by atoms with van der Waals surface area (Å²) in [5.74, 6) is -2.53. The SMILES string of the molecule is COc1ccc(N)c(C(=O)NC(CC(N)=O)C(=O)O)c1. The van der Waals surface area contributed by atoms with E-state index in [-0.39, 0.29) is 11.3 Å². The van der Waals surface area contributed by atoms with Crippen LogP contribution in [0, 0.1) is 0 Å². The Morgan fingerprint density at radius 2 is 2.05 bits per heavy atom. The van der Waals surface area contributed by atoms with Crippen molar-refractivity contribution in [3.8, 4) is 5.75 Å². The highest BCUT2D eigenvalue weighted by Crippen LogP contribution is 2.19. The Morgan fingerprint density at radius 1 is 1.40 bits per heavy atom. The zero-order chi connectivity index (χ0) is 15.3. The van der Waals surface area contributed by atoms with E-state index in [0.29, 0.717) is 5.75 Å². The number of amides is 2. The summed E-state index contributed by atoms with van der Waals surface area (Å²) in [6.07, 6.45) is -0.509. The van der Waals surface area contributed by atoms with Gasteiger partial charge < -0.3 is 26.6 Å². The third kappa shape index (κ3) is 3.87. The Kier molecular flexibility index (Phi) is 4.90. The molecule has 108 valence electrons. The van der Waals surface area contributed by atoms with E-state index in [0.717, 1.165) is 0 Å². The van der Waals surface area contributed by atoms with Crippen molar-refractivity contribution < 1.29 is 24.2 Å². The second-order valence-corrected chi connectivity index (χ2v) is 3.99. The maximum absolute atomic E-state index is 12.0. The Hall–Kier alpha value is -2.77. The molecule has 0 aliphatic heterocycles. The lowest BCUT2D eigenvalue weighted by atomic mass is 10.1. The van der Waals surface area contributed by atoms with Crippen molar-refractivity contribution in [1.29, 1.82) is 0 Å². The highest BCUT2D eigenvalue weighted by molar-refractivity contribution is 6.01. The molecule has 0 aromatic heterocycles. The summed E-state index contributed by atoms with van der Waals surface area (Å²) in [6.45, 7) is 0. The van der Waals surface area contributed by atoms with Crippen LogP contribution >= 0.6 is 0 Å². The van der Waals surface area contributed by atoms with Crippen LogP contribution in [0.2, 0.25) is 0 Å². The molecule has 0 aliphatic rings. The monoisotopic (exact) mass is 281 g/mol. The summed E-state index contributed by atoms with van der Waals surface area (Å²) in [5.41, 5.74) is 10.8. The van der Waals surface area contributed by atoms with E-state index < -0.39 is 30.2 Å². The first-order valence-corrected chi connectivity index (χ1v) is 5.60. The number of ether oxygens (including phenoxy) is 1. The smallest absolute Gasteiger partial charge is 0.326 e. The quantitative estimate of drug-likeness (QED) is 0.509. The number of nitrogen functional groups attached to an aromatic ring is 1. The van der Waals surface area contributed by atoms with Crippen LogP contribution in [0.15, 0.2) is 18.2 Å². The highest BCUT2D eigenvalue weighted by atomic mass is 16.5. The zero-order valence-corrected chi connectivity index (χ0v) is 10.8. The summed E-state index contributed by atoms with van der Waals surface area (Å²) >= 11 is 0. The van der Waals surface area contributed by atoms with Gasteiger partial charge >= 0.3 is 5.97 Å². The molecule has 0 aliphatic carbocycles. The lowest BCUT2D eigenvalue weighted by molar-refractivity contribution is -0.140. The number of benzene rings is 1. The predicted octanol–water partition coefficient (Wildman–Crippen LogP) is -0.664. The molecular weight excluding hydrogens is 266 g/mol. The van der Waals surface area contributed by atoms with Gasteiger partial charge in [-0.2, -0.15) is 0 Å². The van der Waals surface area contributed by atoms with Gasteiger partial charge in [0.25, 0.3) is 5.91 Å². The van der Waals surface area contributed by atoms with Crippen molar-refractivity contribution in [3.05, 3.63) is 23.8 Å². The van der Waals surface area contributed by atoms with Crippen LogP contribution in [0.4, 0.5) is 5.69 Å². The fourth-order valence-corrected chi connectivity index (χ4v) is 1.50. The number of carboxylic acid groups (broad SMARTS) is 1. The van der Waals surface area contributed by atoms with Gasteiger partial charge in [0.15, 0.2) is 0 Å². The number of nitrogens with one attached hydrogen (secondary N) is 1. The number of carboxylic acids is 1. The van der Waals surface area contributed by atoms with Gasteiger partial charge in [-0.15, -0.1) is 0 Å². The largest absolute Gasteiger partial charge is 0.497 e. The molecule has 1 unspecified atom stereocenters. The van der Waals surface area contributed by atoms with Crippen LogP contribution in [-0.2, 0) is 9.59 Å². The zero-order valence-electron chi connectivity index (χ0n) is 10.8. The number of hydrogen-bond acceptors (Lipinski definition) is 5. The van der Waals surface area contributed by atoms with Crippen LogP contribution in [0.3, 0.4) is 0 Å². The van der Waals surface area contributed by atoms with E-state index in [9.17, 15) is 14.4 Å². The first kappa shape index (κ1) is 15.3. The van der Waals surface area contributed by atoms with Crippen LogP contribution in [0.1, 0.15) is 16.8 Å². The molecule has 0 spiro atoms. The molecule has 6 N–H and O–H groups in total. The van der Waals surface area contributed by atoms with E-state index in [4.69, 9.17) is 21.3 Å². The lowest BCUT2D eigenvalue weighted by Crippen LogP contribution is -2.43. The minimum atomic E-state index is -1.41. The number of aliphatic carboxylic acids is 1. The highest BCUT2D eigenvalue weighted by Gasteiger charge is 2.23. The summed E-state index contributed by atoms with van der Waals surface area (Å²) in [6, 6.07) is 2.97. The maximum Gasteiger partial charge on any atom is 0.326 e. The third-order valence-corrected chi connectivity index (χ3v) is 2.51. The van der Waals surface area contributed by atoms with Crippen molar-refractivity contribution >= 4 is 23.5 Å². The molecule has 0 radical (unpaired) electrons. The summed E-state index contributed by atoms with van der Waals surface area (Å²) in [4.78, 5) is 33.7. The second-order valence-electron chi connectivity index (χ2n) is 3.99. The molecule has 0 fully saturated rings. The van der Waals surface area contributed by atoms with Crippen LogP contribution in [0.5, 0.6) is 5.75 Å². The summed E-state index contributed by atoms with van der Waals surface area (Å²) in [5, 5.41) is 11.1. The summed E-state index contributed by atoms with van der Waals surface area (Å²) in [7, 11) is 1.42. The number of rotatable bonds is 6. The van der Waals surface area contributed by atoms with Gasteiger partial charge in [-0.3, -0.25) is 9.59 Å². The topological polar surface area (TPSA) is 145 Å². The molecule has 1 rings (SSSR count). The van der Waals surface area contributed by atoms with E-state index in [2.05, 4.69) is 5.32 Å². The minimum Gasteiger partial charge on any atom is -0.497 e. The van der Waals surface area contributed by atoms with Crippen molar-refractivity contribution in [2.75, 3.05) is 12.8 Å². The molecule has 0 heterocycles. The number of primary amides is 1. The standard InChI is InChI=1S/C12H15N3O5/c1-20-6-2-3-8(13)7(4-6)11(17)15-9(12(18)19)5-10(14)16/h2-4,9H,5,13H2,1H3,(H2,14,16)(H,15,17)(H,18,19). The van der Waals surface area contributed by atoms with Crippen molar-refractivity contribution in [1.82, 2.24) is 5.32 Å². The van der Waals surface area contributed by atoms with Gasteiger partial charge in [-0.05, 0) is 18.2 Å². The van der Waals surface area contributed by atoms with Gasteiger partial charge in [0.2, 0.25) is 5.91 Å². The Balaban J connectivity index is 2.94. The molecule has 0 bridgehead atoms. The molecule has 1 aromatic rings. The second kappa shape index (κ2) is 6.41. The lowest BCUT2D eigenvalue weighted by Gasteiger charge is -2.14. The van der Waals surface area contributed by atoms with E-state index in [1.54, 1.807) is 6.07 Å². The fourth-order valence-electron chi connectivity index (χ4n) is 1.50. The molecule has 1 aromatic carbocycles. The summed E-state index contributed by atoms with van der Waals surface area (Å²) < 4.78 is 4.95. The van der Waals surface area contributed by atoms with Crippen LogP contribution in [-0.4, -0.2) is 36.0 Å². The maximum atomic E-state index is 12.0. The first-order chi connectivity index (χ1) is 9.35. The fraction of sp³-hybridized carbons (Fsp3) is 0.250. The molecule has 1 atom stereocenters. The predicted molar refractivity (Wildman–Crippen MR) is 70.1 cm³/mol. The molecular formula is C12H15N3O5. The molecule has 2 amide bonds. The molecule has 20 heavy (non-hydrogen) atoms. The number of carbonyl (C=O) groups excluding carboxylic acids is 2. The van der Waals surface area contributed by atoms with Gasteiger partial charge in [0, 0.05) is 5.69 Å². The number of methoxy groups -OCH3 is 1. The average Bonchev–Trinajstić information content (AvgIpc) is 2.37. The van der Waals surface area contributed by atoms with Crippen molar-refractivity contribution in [3.63, 3.8) is 0 Å². The van der Waals surface area contributed by atoms with E-state index in [1.807, 2.05) is 0 Å². The number of carbonyl (C=O) groups is 3. The van der Waals surface area contributed by atoms with Gasteiger partial charge in [-0.25, -0.2) is 4.79 Å².